The van der Waals surface area contributed by atoms with E-state index in [1.165, 1.54) is 11.3 Å². The van der Waals surface area contributed by atoms with Crippen LogP contribution in [0.5, 0.6) is 0 Å². The molecule has 2 amide bonds. The Morgan fingerprint density at radius 3 is 2.91 bits per heavy atom. The van der Waals surface area contributed by atoms with E-state index in [1.54, 1.807) is 11.0 Å². The normalized spacial score (nSPS) is 17.6. The minimum Gasteiger partial charge on any atom is -0.337 e. The molecule has 0 spiro atoms. The van der Waals surface area contributed by atoms with Gasteiger partial charge < -0.3 is 10.2 Å². The number of amides is 2. The minimum absolute atomic E-state index is 0.0430. The molecule has 120 valence electrons. The van der Waals surface area contributed by atoms with Crippen molar-refractivity contribution in [2.75, 3.05) is 11.9 Å². The van der Waals surface area contributed by atoms with Crippen molar-refractivity contribution in [3.05, 3.63) is 39.9 Å². The maximum Gasteiger partial charge on any atom is 0.231 e. The summed E-state index contributed by atoms with van der Waals surface area (Å²) in [5.41, 5.74) is 0.878. The Morgan fingerprint density at radius 1 is 1.43 bits per heavy atom. The van der Waals surface area contributed by atoms with Crippen LogP contribution in [0, 0.1) is 12.8 Å². The molecule has 6 nitrogen and oxygen atoms in total. The summed E-state index contributed by atoms with van der Waals surface area (Å²) < 4.78 is 0. The number of anilines is 1. The van der Waals surface area contributed by atoms with E-state index in [-0.39, 0.29) is 24.2 Å². The Morgan fingerprint density at radius 2 is 2.22 bits per heavy atom. The number of benzene rings is 1. The Bertz CT molecular complexity index is 749. The number of aromatic nitrogens is 2. The third-order valence-corrected chi connectivity index (χ3v) is 4.78. The van der Waals surface area contributed by atoms with Crippen molar-refractivity contribution in [2.24, 2.45) is 5.92 Å². The number of hydrogen-bond acceptors (Lipinski definition) is 5. The number of carbonyl (C=O) groups is 2. The Kier molecular flexibility index (Phi) is 4.58. The third-order valence-electron chi connectivity index (χ3n) is 3.66. The van der Waals surface area contributed by atoms with Gasteiger partial charge in [0.15, 0.2) is 0 Å². The zero-order valence-electron chi connectivity index (χ0n) is 12.5. The molecule has 1 saturated heterocycles. The summed E-state index contributed by atoms with van der Waals surface area (Å²) >= 11 is 7.44. The van der Waals surface area contributed by atoms with Crippen LogP contribution < -0.4 is 5.32 Å². The summed E-state index contributed by atoms with van der Waals surface area (Å²) in [7, 11) is 0. The highest BCUT2D eigenvalue weighted by Gasteiger charge is 2.34. The number of rotatable bonds is 4. The largest absolute Gasteiger partial charge is 0.337 e. The topological polar surface area (TPSA) is 75.2 Å². The quantitative estimate of drug-likeness (QED) is 0.919. The minimum atomic E-state index is -0.380. The fraction of sp³-hybridized carbons (Fsp3) is 0.333. The van der Waals surface area contributed by atoms with Gasteiger partial charge in [-0.1, -0.05) is 41.1 Å². The van der Waals surface area contributed by atoms with Gasteiger partial charge in [0.05, 0.1) is 5.92 Å². The fourth-order valence-electron chi connectivity index (χ4n) is 2.49. The van der Waals surface area contributed by atoms with Gasteiger partial charge >= 0.3 is 0 Å². The number of nitrogens with zero attached hydrogens (tertiary/aromatic N) is 3. The second-order valence-corrected chi connectivity index (χ2v) is 6.97. The van der Waals surface area contributed by atoms with Gasteiger partial charge in [0.25, 0.3) is 0 Å². The van der Waals surface area contributed by atoms with Crippen molar-refractivity contribution in [3.8, 4) is 0 Å². The van der Waals surface area contributed by atoms with Crippen LogP contribution in [0.3, 0.4) is 0 Å². The van der Waals surface area contributed by atoms with Gasteiger partial charge in [-0.2, -0.15) is 0 Å². The maximum atomic E-state index is 12.3. The molecule has 1 N–H and O–H groups in total. The molecule has 3 rings (SSSR count). The van der Waals surface area contributed by atoms with Crippen molar-refractivity contribution in [2.45, 2.75) is 19.9 Å². The predicted octanol–water partition coefficient (Wildman–Crippen LogP) is 2.49. The summed E-state index contributed by atoms with van der Waals surface area (Å²) in [5.74, 6) is -0.621. The van der Waals surface area contributed by atoms with Gasteiger partial charge in [0, 0.05) is 24.5 Å². The fourth-order valence-corrected chi connectivity index (χ4v) is 3.28. The van der Waals surface area contributed by atoms with Crippen LogP contribution in [-0.4, -0.2) is 33.5 Å². The van der Waals surface area contributed by atoms with Crippen LogP contribution >= 0.6 is 22.9 Å². The van der Waals surface area contributed by atoms with E-state index in [4.69, 9.17) is 11.6 Å². The van der Waals surface area contributed by atoms with Gasteiger partial charge in [-0.25, -0.2) is 0 Å². The lowest BCUT2D eigenvalue weighted by Crippen LogP contribution is -2.28. The highest BCUT2D eigenvalue weighted by Crippen LogP contribution is 2.25. The molecule has 0 radical (unpaired) electrons. The van der Waals surface area contributed by atoms with Crippen LogP contribution in [0.4, 0.5) is 5.13 Å². The summed E-state index contributed by atoms with van der Waals surface area (Å²) in [6, 6.07) is 7.40. The van der Waals surface area contributed by atoms with Gasteiger partial charge in [0.2, 0.25) is 16.9 Å². The Balaban J connectivity index is 1.63. The van der Waals surface area contributed by atoms with Crippen LogP contribution in [0.1, 0.15) is 17.0 Å². The first kappa shape index (κ1) is 15.9. The van der Waals surface area contributed by atoms with Crippen molar-refractivity contribution in [1.29, 1.82) is 0 Å². The zero-order valence-corrected chi connectivity index (χ0v) is 14.0. The van der Waals surface area contributed by atoms with Crippen LogP contribution in [-0.2, 0) is 16.1 Å². The van der Waals surface area contributed by atoms with Crippen molar-refractivity contribution >= 4 is 39.9 Å². The number of halogens is 1. The molecule has 2 aromatic rings. The third kappa shape index (κ3) is 3.68. The van der Waals surface area contributed by atoms with E-state index in [9.17, 15) is 9.59 Å². The highest BCUT2D eigenvalue weighted by atomic mass is 35.5. The Hall–Kier alpha value is -1.99. The van der Waals surface area contributed by atoms with Crippen molar-refractivity contribution in [3.63, 3.8) is 0 Å². The first-order valence-corrected chi connectivity index (χ1v) is 8.34. The summed E-state index contributed by atoms with van der Waals surface area (Å²) in [6.45, 7) is 2.62. The van der Waals surface area contributed by atoms with E-state index >= 15 is 0 Å². The van der Waals surface area contributed by atoms with Gasteiger partial charge in [-0.05, 0) is 18.6 Å². The number of hydrogen-bond donors (Lipinski definition) is 1. The maximum absolute atomic E-state index is 12.3. The second kappa shape index (κ2) is 6.64. The SMILES string of the molecule is Cc1nnc(NC(=O)[C@H]2CC(=O)N(Cc3ccccc3Cl)C2)s1. The Labute approximate surface area is 142 Å². The second-order valence-electron chi connectivity index (χ2n) is 5.38. The molecule has 1 aliphatic heterocycles. The highest BCUT2D eigenvalue weighted by molar-refractivity contribution is 7.15. The summed E-state index contributed by atoms with van der Waals surface area (Å²) in [4.78, 5) is 26.1. The van der Waals surface area contributed by atoms with Gasteiger partial charge in [0.1, 0.15) is 5.01 Å². The van der Waals surface area contributed by atoms with E-state index in [0.29, 0.717) is 23.2 Å². The lowest BCUT2D eigenvalue weighted by atomic mass is 10.1. The number of carbonyl (C=O) groups excluding carboxylic acids is 2. The number of likely N-dealkylation sites (tertiary alicyclic amines) is 1. The van der Waals surface area contributed by atoms with Gasteiger partial charge in [-0.3, -0.25) is 9.59 Å². The average Bonchev–Trinajstić information content (AvgIpc) is 3.08. The average molecular weight is 351 g/mol. The van der Waals surface area contributed by atoms with Crippen LogP contribution in [0.15, 0.2) is 24.3 Å². The molecule has 1 aromatic heterocycles. The molecule has 0 aliphatic carbocycles. The molecule has 8 heteroatoms. The van der Waals surface area contributed by atoms with Crippen molar-refractivity contribution < 1.29 is 9.59 Å². The molecule has 0 saturated carbocycles. The summed E-state index contributed by atoms with van der Waals surface area (Å²) in [5, 5.41) is 12.3. The standard InChI is InChI=1S/C15H15ClN4O2S/c1-9-18-19-15(23-9)17-14(22)11-6-13(21)20(8-11)7-10-4-2-3-5-12(10)16/h2-5,11H,6-8H2,1H3,(H,17,19,22)/t11-/m0/s1. The lowest BCUT2D eigenvalue weighted by Gasteiger charge is -2.17. The predicted molar refractivity (Wildman–Crippen MR) is 88.3 cm³/mol. The first-order valence-electron chi connectivity index (χ1n) is 7.15. The van der Waals surface area contributed by atoms with E-state index in [2.05, 4.69) is 15.5 Å². The van der Waals surface area contributed by atoms with E-state index < -0.39 is 0 Å². The lowest BCUT2D eigenvalue weighted by molar-refractivity contribution is -0.128. The smallest absolute Gasteiger partial charge is 0.231 e. The van der Waals surface area contributed by atoms with E-state index in [1.807, 2.05) is 25.1 Å². The van der Waals surface area contributed by atoms with E-state index in [0.717, 1.165) is 10.6 Å². The number of aryl methyl sites for hydroxylation is 1. The molecule has 1 atom stereocenters. The molecule has 1 fully saturated rings. The summed E-state index contributed by atoms with van der Waals surface area (Å²) in [6.07, 6.45) is 0.202. The number of nitrogens with one attached hydrogen (secondary N) is 1. The first-order chi connectivity index (χ1) is 11.0. The monoisotopic (exact) mass is 350 g/mol. The van der Waals surface area contributed by atoms with Crippen molar-refractivity contribution in [1.82, 2.24) is 15.1 Å². The molecule has 0 bridgehead atoms. The molecular weight excluding hydrogens is 336 g/mol. The van der Waals surface area contributed by atoms with Crippen LogP contribution in [0.2, 0.25) is 5.02 Å². The molecule has 1 aliphatic rings. The molecule has 23 heavy (non-hydrogen) atoms. The zero-order chi connectivity index (χ0) is 16.4. The van der Waals surface area contributed by atoms with Gasteiger partial charge in [-0.15, -0.1) is 10.2 Å². The molecule has 0 unspecified atom stereocenters. The van der Waals surface area contributed by atoms with Crippen LogP contribution in [0.25, 0.3) is 0 Å². The molecule has 1 aromatic carbocycles. The molecular formula is C15H15ClN4O2S. The molecule has 2 heterocycles.